The Morgan fingerprint density at radius 1 is 1.04 bits per heavy atom. The lowest BCUT2D eigenvalue weighted by molar-refractivity contribution is -0.0243. The van der Waals surface area contributed by atoms with E-state index in [9.17, 15) is 4.39 Å². The first-order valence-corrected chi connectivity index (χ1v) is 9.79. The van der Waals surface area contributed by atoms with E-state index in [1.165, 1.54) is 0 Å². The average Bonchev–Trinajstić information content (AvgIpc) is 2.45. The first-order valence-electron chi connectivity index (χ1n) is 9.79. The molecule has 0 aromatic carbocycles. The zero-order valence-electron chi connectivity index (χ0n) is 17.6. The van der Waals surface area contributed by atoms with E-state index in [2.05, 4.69) is 58.4 Å². The quantitative estimate of drug-likeness (QED) is 0.587. The molecular formula is C20H41FN2O2. The van der Waals surface area contributed by atoms with Crippen LogP contribution in [0.15, 0.2) is 0 Å². The molecule has 1 heterocycles. The Labute approximate surface area is 155 Å². The van der Waals surface area contributed by atoms with E-state index in [0.717, 1.165) is 45.8 Å². The molecule has 2 unspecified atom stereocenters. The van der Waals surface area contributed by atoms with Crippen molar-refractivity contribution < 1.29 is 13.9 Å². The first-order chi connectivity index (χ1) is 11.5. The Morgan fingerprint density at radius 3 is 2.24 bits per heavy atom. The van der Waals surface area contributed by atoms with E-state index < -0.39 is 6.17 Å². The van der Waals surface area contributed by atoms with Gasteiger partial charge in [-0.25, -0.2) is 4.39 Å². The predicted octanol–water partition coefficient (Wildman–Crippen LogP) is 3.60. The highest BCUT2D eigenvalue weighted by molar-refractivity contribution is 4.82. The van der Waals surface area contributed by atoms with Gasteiger partial charge in [-0.05, 0) is 61.4 Å². The molecule has 0 saturated carbocycles. The molecule has 2 atom stereocenters. The lowest BCUT2D eigenvalue weighted by atomic mass is 9.95. The van der Waals surface area contributed by atoms with E-state index in [1.807, 2.05) is 0 Å². The number of alkyl halides is 1. The molecule has 1 aliphatic rings. The van der Waals surface area contributed by atoms with Crippen LogP contribution >= 0.6 is 0 Å². The van der Waals surface area contributed by atoms with Gasteiger partial charge < -0.3 is 19.3 Å². The van der Waals surface area contributed by atoms with E-state index >= 15 is 0 Å². The van der Waals surface area contributed by atoms with Crippen LogP contribution in [0.3, 0.4) is 0 Å². The summed E-state index contributed by atoms with van der Waals surface area (Å²) in [5, 5.41) is 0. The van der Waals surface area contributed by atoms with Gasteiger partial charge in [0.05, 0.1) is 17.8 Å². The van der Waals surface area contributed by atoms with Crippen LogP contribution in [0.1, 0.15) is 54.4 Å². The summed E-state index contributed by atoms with van der Waals surface area (Å²) in [6.07, 6.45) is 0.940. The summed E-state index contributed by atoms with van der Waals surface area (Å²) in [4.78, 5) is 4.60. The molecule has 4 nitrogen and oxygen atoms in total. The average molecular weight is 361 g/mol. The van der Waals surface area contributed by atoms with Crippen LogP contribution in [0, 0.1) is 5.92 Å². The Bertz CT molecular complexity index is 366. The zero-order chi connectivity index (χ0) is 19.1. The molecule has 0 amide bonds. The van der Waals surface area contributed by atoms with Gasteiger partial charge >= 0.3 is 0 Å². The van der Waals surface area contributed by atoms with Gasteiger partial charge in [0.1, 0.15) is 6.17 Å². The van der Waals surface area contributed by atoms with Crippen LogP contribution in [0.4, 0.5) is 4.39 Å². The van der Waals surface area contributed by atoms with Gasteiger partial charge in [0.25, 0.3) is 0 Å². The van der Waals surface area contributed by atoms with E-state index in [1.54, 1.807) is 0 Å². The predicted molar refractivity (Wildman–Crippen MR) is 103 cm³/mol. The molecule has 1 aliphatic heterocycles. The fraction of sp³-hybridized carbons (Fsp3) is 1.00. The normalized spacial score (nSPS) is 23.4. The number of piperidine rings is 1. The lowest BCUT2D eigenvalue weighted by Crippen LogP contribution is -2.47. The molecule has 0 bridgehead atoms. The molecular weight excluding hydrogens is 319 g/mol. The van der Waals surface area contributed by atoms with Crippen LogP contribution in [-0.4, -0.2) is 80.2 Å². The lowest BCUT2D eigenvalue weighted by Gasteiger charge is -2.37. The Morgan fingerprint density at radius 2 is 1.64 bits per heavy atom. The van der Waals surface area contributed by atoms with Crippen LogP contribution in [0.25, 0.3) is 0 Å². The number of rotatable bonds is 9. The molecule has 1 fully saturated rings. The highest BCUT2D eigenvalue weighted by Gasteiger charge is 2.30. The van der Waals surface area contributed by atoms with Gasteiger partial charge in [-0.1, -0.05) is 0 Å². The summed E-state index contributed by atoms with van der Waals surface area (Å²) < 4.78 is 25.9. The van der Waals surface area contributed by atoms with Gasteiger partial charge in [-0.3, -0.25) is 0 Å². The molecule has 0 radical (unpaired) electrons. The maximum atomic E-state index is 14.3. The van der Waals surface area contributed by atoms with Gasteiger partial charge in [0, 0.05) is 45.2 Å². The third-order valence-electron chi connectivity index (χ3n) is 4.43. The van der Waals surface area contributed by atoms with Gasteiger partial charge in [-0.15, -0.1) is 0 Å². The van der Waals surface area contributed by atoms with Crippen molar-refractivity contribution in [2.24, 2.45) is 5.92 Å². The number of halogens is 1. The highest BCUT2D eigenvalue weighted by Crippen LogP contribution is 2.21. The van der Waals surface area contributed by atoms with Crippen LogP contribution < -0.4 is 0 Å². The molecule has 150 valence electrons. The minimum atomic E-state index is -0.687. The SMILES string of the molecule is CN(CCCOC(C)(C)C)CC1CN(CCOC(C)(C)C)CCC1F. The third-order valence-corrected chi connectivity index (χ3v) is 4.43. The van der Waals surface area contributed by atoms with Crippen molar-refractivity contribution in [3.63, 3.8) is 0 Å². The Balaban J connectivity index is 2.28. The van der Waals surface area contributed by atoms with E-state index in [-0.39, 0.29) is 17.1 Å². The molecule has 0 spiro atoms. The van der Waals surface area contributed by atoms with Crippen molar-refractivity contribution >= 4 is 0 Å². The molecule has 0 N–H and O–H groups in total. The molecule has 1 saturated heterocycles. The smallest absolute Gasteiger partial charge is 0.107 e. The van der Waals surface area contributed by atoms with Crippen molar-refractivity contribution in [1.82, 2.24) is 9.80 Å². The second kappa shape index (κ2) is 10.2. The van der Waals surface area contributed by atoms with Crippen molar-refractivity contribution in [3.05, 3.63) is 0 Å². The Kier molecular flexibility index (Phi) is 9.30. The van der Waals surface area contributed by atoms with Crippen LogP contribution in [-0.2, 0) is 9.47 Å². The molecule has 5 heteroatoms. The number of hydrogen-bond donors (Lipinski definition) is 0. The number of hydrogen-bond acceptors (Lipinski definition) is 4. The minimum absolute atomic E-state index is 0.0817. The third kappa shape index (κ3) is 11.2. The minimum Gasteiger partial charge on any atom is -0.376 e. The van der Waals surface area contributed by atoms with Crippen molar-refractivity contribution in [1.29, 1.82) is 0 Å². The maximum absolute atomic E-state index is 14.3. The zero-order valence-corrected chi connectivity index (χ0v) is 17.6. The first kappa shape index (κ1) is 22.8. The van der Waals surface area contributed by atoms with Gasteiger partial charge in [0.2, 0.25) is 0 Å². The maximum Gasteiger partial charge on any atom is 0.107 e. The van der Waals surface area contributed by atoms with Crippen LogP contribution in [0.5, 0.6) is 0 Å². The largest absolute Gasteiger partial charge is 0.376 e. The molecule has 1 rings (SSSR count). The summed E-state index contributed by atoms with van der Waals surface area (Å²) in [5.41, 5.74) is -0.186. The van der Waals surface area contributed by atoms with Crippen molar-refractivity contribution in [2.45, 2.75) is 71.8 Å². The molecule has 0 aromatic heterocycles. The van der Waals surface area contributed by atoms with Crippen molar-refractivity contribution in [3.8, 4) is 0 Å². The molecule has 25 heavy (non-hydrogen) atoms. The fourth-order valence-corrected chi connectivity index (χ4v) is 3.14. The second-order valence-corrected chi connectivity index (χ2v) is 9.40. The van der Waals surface area contributed by atoms with E-state index in [0.29, 0.717) is 13.0 Å². The molecule has 0 aromatic rings. The highest BCUT2D eigenvalue weighted by atomic mass is 19.1. The number of nitrogens with zero attached hydrogens (tertiary/aromatic N) is 2. The number of likely N-dealkylation sites (tertiary alicyclic amines) is 1. The monoisotopic (exact) mass is 360 g/mol. The van der Waals surface area contributed by atoms with Gasteiger partial charge in [-0.2, -0.15) is 0 Å². The summed E-state index contributed by atoms with van der Waals surface area (Å²) >= 11 is 0. The topological polar surface area (TPSA) is 24.9 Å². The van der Waals surface area contributed by atoms with E-state index in [4.69, 9.17) is 9.47 Å². The van der Waals surface area contributed by atoms with Gasteiger partial charge in [0.15, 0.2) is 0 Å². The molecule has 0 aliphatic carbocycles. The van der Waals surface area contributed by atoms with Crippen LogP contribution in [0.2, 0.25) is 0 Å². The summed E-state index contributed by atoms with van der Waals surface area (Å²) in [7, 11) is 2.09. The summed E-state index contributed by atoms with van der Waals surface area (Å²) in [5.74, 6) is 0.0944. The fourth-order valence-electron chi connectivity index (χ4n) is 3.14. The Hall–Kier alpha value is -0.230. The standard InChI is InChI=1S/C20H41FN2O2/c1-19(2,3)24-13-8-10-22(7)15-17-16-23(11-9-18(17)21)12-14-25-20(4,5)6/h17-18H,8-16H2,1-7H3. The second-order valence-electron chi connectivity index (χ2n) is 9.40. The summed E-state index contributed by atoms with van der Waals surface area (Å²) in [6, 6.07) is 0. The summed E-state index contributed by atoms with van der Waals surface area (Å²) in [6.45, 7) is 18.2. The van der Waals surface area contributed by atoms with Crippen molar-refractivity contribution in [2.75, 3.05) is 53.0 Å². The number of ether oxygens (including phenoxy) is 2.